The predicted octanol–water partition coefficient (Wildman–Crippen LogP) is 4.70. The first kappa shape index (κ1) is 14.6. The monoisotopic (exact) mass is 423 g/mol. The molecule has 0 aliphatic heterocycles. The summed E-state index contributed by atoms with van der Waals surface area (Å²) in [5.74, 6) is 0. The Hall–Kier alpha value is -1.35. The zero-order valence-corrected chi connectivity index (χ0v) is 13.1. The van der Waals surface area contributed by atoms with Crippen molar-refractivity contribution in [3.05, 3.63) is 50.8 Å². The summed E-state index contributed by atoms with van der Waals surface area (Å²) < 4.78 is 39.9. The van der Waals surface area contributed by atoms with Gasteiger partial charge in [-0.3, -0.25) is 0 Å². The van der Waals surface area contributed by atoms with Crippen LogP contribution in [-0.2, 0) is 6.18 Å². The predicted molar refractivity (Wildman–Crippen MR) is 81.6 cm³/mol. The summed E-state index contributed by atoms with van der Waals surface area (Å²) in [6.07, 6.45) is -2.83. The second kappa shape index (κ2) is 5.13. The number of rotatable bonds is 1. The van der Waals surface area contributed by atoms with E-state index in [2.05, 4.69) is 10.1 Å². The summed E-state index contributed by atoms with van der Waals surface area (Å²) in [6, 6.07) is 6.38. The van der Waals surface area contributed by atoms with Gasteiger partial charge in [-0.15, -0.1) is 0 Å². The molecule has 0 aliphatic carbocycles. The smallest absolute Gasteiger partial charge is 0.236 e. The molecule has 0 aliphatic rings. The van der Waals surface area contributed by atoms with Crippen LogP contribution in [0.4, 0.5) is 13.2 Å². The standard InChI is InChI=1S/C13H6ClF3IN3/c14-9-5-6-19-12-10(9)11(18)20-21(12)8-3-1-7(2-4-8)13(15,16)17/h1-6H. The molecule has 0 radical (unpaired) electrons. The number of pyridine rings is 1. The Morgan fingerprint density at radius 1 is 1.10 bits per heavy atom. The maximum absolute atomic E-state index is 12.6. The van der Waals surface area contributed by atoms with Crippen molar-refractivity contribution in [2.45, 2.75) is 6.18 Å². The topological polar surface area (TPSA) is 30.7 Å². The molecular formula is C13H6ClF3IN3. The zero-order chi connectivity index (χ0) is 15.2. The third kappa shape index (κ3) is 2.59. The van der Waals surface area contributed by atoms with E-state index < -0.39 is 11.7 Å². The van der Waals surface area contributed by atoms with E-state index in [1.54, 1.807) is 6.07 Å². The van der Waals surface area contributed by atoms with Gasteiger partial charge in [-0.25, -0.2) is 9.67 Å². The highest BCUT2D eigenvalue weighted by atomic mass is 127. The Kier molecular flexibility index (Phi) is 3.56. The van der Waals surface area contributed by atoms with E-state index in [9.17, 15) is 13.2 Å². The molecule has 2 aromatic heterocycles. The summed E-state index contributed by atoms with van der Waals surface area (Å²) in [5.41, 5.74) is 0.292. The van der Waals surface area contributed by atoms with Crippen LogP contribution in [0.2, 0.25) is 5.02 Å². The molecule has 0 atom stereocenters. The molecule has 0 unspecified atom stereocenters. The Bertz CT molecular complexity index is 812. The lowest BCUT2D eigenvalue weighted by Gasteiger charge is -2.08. The van der Waals surface area contributed by atoms with Gasteiger partial charge in [0.15, 0.2) is 5.65 Å². The van der Waals surface area contributed by atoms with E-state index in [1.165, 1.54) is 23.0 Å². The largest absolute Gasteiger partial charge is 0.416 e. The molecule has 0 fully saturated rings. The Labute approximate surface area is 135 Å². The van der Waals surface area contributed by atoms with E-state index in [-0.39, 0.29) is 0 Å². The van der Waals surface area contributed by atoms with Crippen LogP contribution in [0, 0.1) is 3.70 Å². The first-order valence-electron chi connectivity index (χ1n) is 5.74. The number of hydrogen-bond acceptors (Lipinski definition) is 2. The highest BCUT2D eigenvalue weighted by Crippen LogP contribution is 2.31. The minimum absolute atomic E-state index is 0.491. The van der Waals surface area contributed by atoms with Gasteiger partial charge < -0.3 is 0 Å². The van der Waals surface area contributed by atoms with Crippen molar-refractivity contribution in [2.24, 2.45) is 0 Å². The molecule has 0 spiro atoms. The second-order valence-corrected chi connectivity index (χ2v) is 5.67. The molecule has 2 heterocycles. The number of halogens is 5. The molecule has 21 heavy (non-hydrogen) atoms. The fourth-order valence-electron chi connectivity index (χ4n) is 1.94. The second-order valence-electron chi connectivity index (χ2n) is 4.24. The van der Waals surface area contributed by atoms with Crippen LogP contribution in [0.25, 0.3) is 16.7 Å². The number of benzene rings is 1. The van der Waals surface area contributed by atoms with Gasteiger partial charge in [0.25, 0.3) is 0 Å². The first-order valence-corrected chi connectivity index (χ1v) is 7.20. The van der Waals surface area contributed by atoms with Gasteiger partial charge in [-0.05, 0) is 52.9 Å². The van der Waals surface area contributed by atoms with Crippen molar-refractivity contribution in [2.75, 3.05) is 0 Å². The minimum atomic E-state index is -4.36. The van der Waals surface area contributed by atoms with Gasteiger partial charge in [0.1, 0.15) is 3.70 Å². The average molecular weight is 424 g/mol. The quantitative estimate of drug-likeness (QED) is 0.532. The van der Waals surface area contributed by atoms with Crippen molar-refractivity contribution in [3.63, 3.8) is 0 Å². The van der Waals surface area contributed by atoms with E-state index in [1.807, 2.05) is 22.6 Å². The number of fused-ring (bicyclic) bond motifs is 1. The maximum atomic E-state index is 12.6. The van der Waals surface area contributed by atoms with Gasteiger partial charge in [0.05, 0.1) is 21.7 Å². The molecule has 0 amide bonds. The van der Waals surface area contributed by atoms with Gasteiger partial charge in [-0.1, -0.05) is 11.6 Å². The molecule has 3 nitrogen and oxygen atoms in total. The van der Waals surface area contributed by atoms with Gasteiger partial charge in [0.2, 0.25) is 0 Å². The lowest BCUT2D eigenvalue weighted by Crippen LogP contribution is -2.05. The van der Waals surface area contributed by atoms with E-state index in [0.717, 1.165) is 12.1 Å². The molecular weight excluding hydrogens is 418 g/mol. The molecule has 108 valence electrons. The highest BCUT2D eigenvalue weighted by Gasteiger charge is 2.30. The zero-order valence-electron chi connectivity index (χ0n) is 10.2. The fraction of sp³-hybridized carbons (Fsp3) is 0.0769. The van der Waals surface area contributed by atoms with Crippen molar-refractivity contribution < 1.29 is 13.2 Å². The van der Waals surface area contributed by atoms with E-state index in [4.69, 9.17) is 11.6 Å². The number of aromatic nitrogens is 3. The first-order chi connectivity index (χ1) is 9.88. The number of nitrogens with zero attached hydrogens (tertiary/aromatic N) is 3. The maximum Gasteiger partial charge on any atom is 0.416 e. The summed E-state index contributed by atoms with van der Waals surface area (Å²) in [7, 11) is 0. The third-order valence-electron chi connectivity index (χ3n) is 2.91. The lowest BCUT2D eigenvalue weighted by atomic mass is 10.2. The van der Waals surface area contributed by atoms with Gasteiger partial charge in [0, 0.05) is 6.20 Å². The Morgan fingerprint density at radius 2 is 1.76 bits per heavy atom. The van der Waals surface area contributed by atoms with Crippen LogP contribution in [0.3, 0.4) is 0 Å². The summed E-state index contributed by atoms with van der Waals surface area (Å²) in [4.78, 5) is 4.20. The van der Waals surface area contributed by atoms with Crippen molar-refractivity contribution >= 4 is 45.2 Å². The SMILES string of the molecule is FC(F)(F)c1ccc(-n2nc(I)c3c(Cl)ccnc32)cc1. The minimum Gasteiger partial charge on any atom is -0.236 e. The number of alkyl halides is 3. The summed E-state index contributed by atoms with van der Waals surface area (Å²) >= 11 is 8.12. The molecule has 0 saturated heterocycles. The Balaban J connectivity index is 2.15. The van der Waals surface area contributed by atoms with Crippen molar-refractivity contribution in [1.29, 1.82) is 0 Å². The van der Waals surface area contributed by atoms with Crippen LogP contribution < -0.4 is 0 Å². The molecule has 3 aromatic rings. The molecule has 8 heteroatoms. The Morgan fingerprint density at radius 3 is 2.38 bits per heavy atom. The van der Waals surface area contributed by atoms with Crippen LogP contribution in [0.15, 0.2) is 36.5 Å². The molecule has 1 aromatic carbocycles. The summed E-state index contributed by atoms with van der Waals surface area (Å²) in [6.45, 7) is 0. The van der Waals surface area contributed by atoms with Crippen LogP contribution >= 0.6 is 34.2 Å². The summed E-state index contributed by atoms with van der Waals surface area (Å²) in [5, 5.41) is 5.47. The fourth-order valence-corrected chi connectivity index (χ4v) is 3.07. The lowest BCUT2D eigenvalue weighted by molar-refractivity contribution is -0.137. The molecule has 0 N–H and O–H groups in total. The highest BCUT2D eigenvalue weighted by molar-refractivity contribution is 14.1. The average Bonchev–Trinajstić information content (AvgIpc) is 2.77. The van der Waals surface area contributed by atoms with Crippen LogP contribution in [0.1, 0.15) is 5.56 Å². The third-order valence-corrected chi connectivity index (χ3v) is 3.98. The molecule has 0 saturated carbocycles. The molecule has 3 rings (SSSR count). The molecule has 0 bridgehead atoms. The van der Waals surface area contributed by atoms with Gasteiger partial charge in [-0.2, -0.15) is 18.3 Å². The van der Waals surface area contributed by atoms with Crippen molar-refractivity contribution in [3.8, 4) is 5.69 Å². The van der Waals surface area contributed by atoms with Crippen LogP contribution in [-0.4, -0.2) is 14.8 Å². The number of hydrogen-bond donors (Lipinski definition) is 0. The van der Waals surface area contributed by atoms with Gasteiger partial charge >= 0.3 is 6.18 Å². The normalized spacial score (nSPS) is 12.0. The van der Waals surface area contributed by atoms with Crippen molar-refractivity contribution in [1.82, 2.24) is 14.8 Å². The van der Waals surface area contributed by atoms with E-state index in [0.29, 0.717) is 25.4 Å². The van der Waals surface area contributed by atoms with E-state index >= 15 is 0 Å². The van der Waals surface area contributed by atoms with Crippen LogP contribution in [0.5, 0.6) is 0 Å².